The van der Waals surface area contributed by atoms with E-state index in [0.717, 1.165) is 51.4 Å². The van der Waals surface area contributed by atoms with Crippen LogP contribution in [0.3, 0.4) is 0 Å². The Labute approximate surface area is 362 Å². The van der Waals surface area contributed by atoms with Gasteiger partial charge in [0.1, 0.15) is 6.61 Å². The molecule has 0 amide bonds. The Balaban J connectivity index is 4.31. The van der Waals surface area contributed by atoms with Crippen LogP contribution in [0, 0.1) is 0 Å². The van der Waals surface area contributed by atoms with Crippen molar-refractivity contribution in [2.45, 2.75) is 206 Å². The Bertz CT molecular complexity index is 1150. The standard InChI is InChI=1S/C51H89NO7/c1-6-8-10-12-14-16-18-20-21-22-23-24-25-26-27-28-30-31-33-35-37-39-41-49(53)58-46-47(45-57-44-43-48(51(55)56)52(3,4)5)59-50(54)42-40-38-36-34-32-29-19-17-15-13-11-9-7-2/h14,16,20-21,23-24,29,32,36,38,47-48H,6-13,15,17-19,22,25-28,30-31,33-35,37,39-46H2,1-5H3/p+1/b16-14+,21-20+,24-23+,32-29+,38-36+. The van der Waals surface area contributed by atoms with Crippen LogP contribution in [0.4, 0.5) is 0 Å². The van der Waals surface area contributed by atoms with Crippen molar-refractivity contribution in [2.24, 2.45) is 0 Å². The maximum absolute atomic E-state index is 12.7. The molecule has 0 saturated carbocycles. The number of ether oxygens (including phenoxy) is 3. The van der Waals surface area contributed by atoms with Gasteiger partial charge in [0.15, 0.2) is 12.1 Å². The van der Waals surface area contributed by atoms with Crippen LogP contribution >= 0.6 is 0 Å². The molecule has 8 heteroatoms. The summed E-state index contributed by atoms with van der Waals surface area (Å²) in [4.78, 5) is 37.0. The second kappa shape index (κ2) is 41.8. The minimum Gasteiger partial charge on any atom is -0.477 e. The first-order valence-corrected chi connectivity index (χ1v) is 23.8. The molecule has 59 heavy (non-hydrogen) atoms. The monoisotopic (exact) mass is 829 g/mol. The van der Waals surface area contributed by atoms with Crippen LogP contribution in [0.1, 0.15) is 194 Å². The summed E-state index contributed by atoms with van der Waals surface area (Å²) in [6.07, 6.45) is 51.4. The lowest BCUT2D eigenvalue weighted by molar-refractivity contribution is -0.887. The first-order chi connectivity index (χ1) is 28.6. The fraction of sp³-hybridized carbons (Fsp3) is 0.745. The van der Waals surface area contributed by atoms with E-state index in [4.69, 9.17) is 14.2 Å². The van der Waals surface area contributed by atoms with Crippen LogP contribution in [0.25, 0.3) is 0 Å². The van der Waals surface area contributed by atoms with E-state index in [1.165, 1.54) is 103 Å². The molecule has 8 nitrogen and oxygen atoms in total. The Kier molecular flexibility index (Phi) is 39.6. The number of hydrogen-bond donors (Lipinski definition) is 1. The van der Waals surface area contributed by atoms with Crippen LogP contribution in [-0.4, -0.2) is 80.6 Å². The van der Waals surface area contributed by atoms with Crippen molar-refractivity contribution in [2.75, 3.05) is 41.0 Å². The molecule has 0 aliphatic heterocycles. The zero-order valence-corrected chi connectivity index (χ0v) is 38.7. The van der Waals surface area contributed by atoms with Crippen molar-refractivity contribution >= 4 is 17.9 Å². The van der Waals surface area contributed by atoms with Crippen LogP contribution in [-0.2, 0) is 28.6 Å². The van der Waals surface area contributed by atoms with Gasteiger partial charge in [-0.15, -0.1) is 0 Å². The molecule has 0 aromatic rings. The van der Waals surface area contributed by atoms with E-state index in [0.29, 0.717) is 19.3 Å². The lowest BCUT2D eigenvalue weighted by Gasteiger charge is -2.31. The van der Waals surface area contributed by atoms with E-state index in [2.05, 4.69) is 68.5 Å². The number of carboxylic acids is 1. The molecular weight excluding hydrogens is 739 g/mol. The predicted octanol–water partition coefficient (Wildman–Crippen LogP) is 13.4. The number of aliphatic carboxylic acids is 1. The van der Waals surface area contributed by atoms with Crippen molar-refractivity contribution in [3.8, 4) is 0 Å². The van der Waals surface area contributed by atoms with Crippen molar-refractivity contribution in [3.05, 3.63) is 60.8 Å². The topological polar surface area (TPSA) is 99.1 Å². The summed E-state index contributed by atoms with van der Waals surface area (Å²) in [5.41, 5.74) is 0. The van der Waals surface area contributed by atoms with Gasteiger partial charge in [0.05, 0.1) is 34.4 Å². The van der Waals surface area contributed by atoms with Crippen molar-refractivity contribution in [1.82, 2.24) is 0 Å². The molecule has 1 N–H and O–H groups in total. The average Bonchev–Trinajstić information content (AvgIpc) is 3.19. The number of hydrogen-bond acceptors (Lipinski definition) is 6. The van der Waals surface area contributed by atoms with Gasteiger partial charge in [-0.1, -0.05) is 164 Å². The quantitative estimate of drug-likeness (QED) is 0.0283. The van der Waals surface area contributed by atoms with E-state index in [-0.39, 0.29) is 42.7 Å². The molecule has 0 heterocycles. The zero-order valence-electron chi connectivity index (χ0n) is 38.7. The molecule has 0 aromatic heterocycles. The first kappa shape index (κ1) is 56.0. The third-order valence-corrected chi connectivity index (χ3v) is 10.4. The van der Waals surface area contributed by atoms with E-state index in [1.54, 1.807) is 0 Å². The number of carbonyl (C=O) groups is 3. The van der Waals surface area contributed by atoms with Crippen molar-refractivity contribution in [1.29, 1.82) is 0 Å². The van der Waals surface area contributed by atoms with E-state index < -0.39 is 18.1 Å². The maximum Gasteiger partial charge on any atom is 0.362 e. The highest BCUT2D eigenvalue weighted by molar-refractivity contribution is 5.72. The van der Waals surface area contributed by atoms with Gasteiger partial charge < -0.3 is 23.8 Å². The maximum atomic E-state index is 12.7. The molecule has 340 valence electrons. The first-order valence-electron chi connectivity index (χ1n) is 23.8. The average molecular weight is 829 g/mol. The van der Waals surface area contributed by atoms with Gasteiger partial charge in [-0.2, -0.15) is 0 Å². The molecule has 0 rings (SSSR count). The highest BCUT2D eigenvalue weighted by Crippen LogP contribution is 2.14. The summed E-state index contributed by atoms with van der Waals surface area (Å²) >= 11 is 0. The summed E-state index contributed by atoms with van der Waals surface area (Å²) in [7, 11) is 5.51. The second-order valence-electron chi connectivity index (χ2n) is 17.0. The Morgan fingerprint density at radius 2 is 0.932 bits per heavy atom. The number of quaternary nitrogens is 1. The molecule has 0 fully saturated rings. The SMILES string of the molecule is CCCCC/C=C/C/C=C/C/C=C/CCCCCCCCCCCC(=O)OCC(COCCC(C(=O)O)[N+](C)(C)C)OC(=O)CC/C=C/C/C=C/CCCCCCCC. The van der Waals surface area contributed by atoms with Crippen LogP contribution < -0.4 is 0 Å². The third-order valence-electron chi connectivity index (χ3n) is 10.4. The fourth-order valence-corrected chi connectivity index (χ4v) is 6.68. The molecule has 0 spiro atoms. The lowest BCUT2D eigenvalue weighted by Crippen LogP contribution is -2.50. The molecule has 0 aliphatic carbocycles. The number of allylic oxidation sites excluding steroid dienone is 10. The number of unbranched alkanes of at least 4 members (excludes halogenated alkanes) is 18. The molecular formula is C51H90NO7+. The van der Waals surface area contributed by atoms with Crippen molar-refractivity contribution in [3.63, 3.8) is 0 Å². The van der Waals surface area contributed by atoms with Gasteiger partial charge in [-0.3, -0.25) is 9.59 Å². The van der Waals surface area contributed by atoms with Crippen LogP contribution in [0.2, 0.25) is 0 Å². The van der Waals surface area contributed by atoms with Crippen LogP contribution in [0.15, 0.2) is 60.8 Å². The van der Waals surface area contributed by atoms with Gasteiger partial charge in [-0.05, 0) is 70.6 Å². The summed E-state index contributed by atoms with van der Waals surface area (Å²) in [5.74, 6) is -1.56. The molecule has 2 unspecified atom stereocenters. The number of carbonyl (C=O) groups excluding carboxylic acids is 2. The normalized spacial score (nSPS) is 13.4. The van der Waals surface area contributed by atoms with Gasteiger partial charge in [0.25, 0.3) is 0 Å². The summed E-state index contributed by atoms with van der Waals surface area (Å²) in [5, 5.41) is 9.62. The summed E-state index contributed by atoms with van der Waals surface area (Å²) in [6.45, 7) is 4.63. The molecule has 0 radical (unpaired) electrons. The molecule has 0 aromatic carbocycles. The van der Waals surface area contributed by atoms with E-state index in [9.17, 15) is 19.5 Å². The highest BCUT2D eigenvalue weighted by Gasteiger charge is 2.31. The Hall–Kier alpha value is -2.97. The number of esters is 2. The molecule has 0 aliphatic rings. The fourth-order valence-electron chi connectivity index (χ4n) is 6.68. The van der Waals surface area contributed by atoms with Gasteiger partial charge >= 0.3 is 17.9 Å². The summed E-state index contributed by atoms with van der Waals surface area (Å²) in [6, 6.07) is -0.626. The largest absolute Gasteiger partial charge is 0.477 e. The van der Waals surface area contributed by atoms with Gasteiger partial charge in [-0.25, -0.2) is 4.79 Å². The summed E-state index contributed by atoms with van der Waals surface area (Å²) < 4.78 is 17.2. The Morgan fingerprint density at radius 1 is 0.508 bits per heavy atom. The molecule has 0 bridgehead atoms. The number of rotatable bonds is 42. The van der Waals surface area contributed by atoms with Gasteiger partial charge in [0, 0.05) is 19.3 Å². The smallest absolute Gasteiger partial charge is 0.362 e. The lowest BCUT2D eigenvalue weighted by atomic mass is 10.1. The zero-order chi connectivity index (χ0) is 43.5. The Morgan fingerprint density at radius 3 is 1.42 bits per heavy atom. The minimum absolute atomic E-state index is 0.0353. The third kappa shape index (κ3) is 40.2. The van der Waals surface area contributed by atoms with Crippen molar-refractivity contribution < 1.29 is 38.2 Å². The predicted molar refractivity (Wildman–Crippen MR) is 247 cm³/mol. The second-order valence-corrected chi connectivity index (χ2v) is 17.0. The van der Waals surface area contributed by atoms with Crippen LogP contribution in [0.5, 0.6) is 0 Å². The van der Waals surface area contributed by atoms with E-state index >= 15 is 0 Å². The molecule has 2 atom stereocenters. The number of nitrogens with zero attached hydrogens (tertiary/aromatic N) is 1. The minimum atomic E-state index is -0.885. The highest BCUT2D eigenvalue weighted by atomic mass is 16.6. The molecule has 0 saturated heterocycles. The number of carboxylic acid groups (broad SMARTS) is 1. The van der Waals surface area contributed by atoms with Gasteiger partial charge in [0.2, 0.25) is 0 Å². The van der Waals surface area contributed by atoms with E-state index in [1.807, 2.05) is 27.2 Å². The number of likely N-dealkylation sites (N-methyl/N-ethyl adjacent to an activating group) is 1.